The topological polar surface area (TPSA) is 12.5 Å². The molecule has 0 spiro atoms. The van der Waals surface area contributed by atoms with Gasteiger partial charge < -0.3 is 4.74 Å². The quantitative estimate of drug-likeness (QED) is 0.172. The molecular formula is C30H22F7NO. The van der Waals surface area contributed by atoms with Crippen molar-refractivity contribution in [2.45, 2.75) is 18.6 Å². The molecule has 39 heavy (non-hydrogen) atoms. The Morgan fingerprint density at radius 1 is 0.718 bits per heavy atom. The van der Waals surface area contributed by atoms with Crippen LogP contribution in [0.3, 0.4) is 0 Å². The number of halogens is 7. The largest absolute Gasteiger partial charge is 0.432 e. The fourth-order valence-corrected chi connectivity index (χ4v) is 5.01. The maximum absolute atomic E-state index is 15.3. The number of hydrogen-bond acceptors (Lipinski definition) is 2. The van der Waals surface area contributed by atoms with E-state index in [4.69, 9.17) is 4.74 Å². The van der Waals surface area contributed by atoms with Gasteiger partial charge in [-0.05, 0) is 41.8 Å². The molecule has 1 saturated heterocycles. The summed E-state index contributed by atoms with van der Waals surface area (Å²) in [5.74, 6) is -9.95. The van der Waals surface area contributed by atoms with Crippen molar-refractivity contribution in [3.8, 4) is 16.9 Å². The van der Waals surface area contributed by atoms with Crippen molar-refractivity contribution in [2.24, 2.45) is 5.92 Å². The molecule has 0 saturated carbocycles. The summed E-state index contributed by atoms with van der Waals surface area (Å²) in [6.45, 7) is 0.292. The van der Waals surface area contributed by atoms with Crippen LogP contribution in [0.4, 0.5) is 30.7 Å². The van der Waals surface area contributed by atoms with E-state index in [0.717, 1.165) is 11.1 Å². The van der Waals surface area contributed by atoms with E-state index in [9.17, 15) is 22.0 Å². The van der Waals surface area contributed by atoms with Gasteiger partial charge in [-0.1, -0.05) is 60.7 Å². The summed E-state index contributed by atoms with van der Waals surface area (Å²) in [5.41, 5.74) is 0.340. The lowest BCUT2D eigenvalue weighted by Gasteiger charge is -2.30. The summed E-state index contributed by atoms with van der Waals surface area (Å²) in [6, 6.07) is 20.5. The van der Waals surface area contributed by atoms with E-state index in [1.54, 1.807) is 0 Å². The molecule has 0 aliphatic carbocycles. The van der Waals surface area contributed by atoms with Crippen molar-refractivity contribution in [3.05, 3.63) is 125 Å². The summed E-state index contributed by atoms with van der Waals surface area (Å²) in [6.07, 6.45) is -3.71. The molecular weight excluding hydrogens is 523 g/mol. The molecule has 202 valence electrons. The third kappa shape index (κ3) is 5.49. The molecule has 2 nitrogen and oxygen atoms in total. The summed E-state index contributed by atoms with van der Waals surface area (Å²) in [4.78, 5) is 1.91. The van der Waals surface area contributed by atoms with Crippen LogP contribution in [0.15, 0.2) is 84.9 Å². The zero-order valence-electron chi connectivity index (χ0n) is 20.4. The summed E-state index contributed by atoms with van der Waals surface area (Å²) >= 11 is 0. The second-order valence-corrected chi connectivity index (χ2v) is 9.38. The van der Waals surface area contributed by atoms with E-state index in [1.807, 2.05) is 65.6 Å². The highest BCUT2D eigenvalue weighted by Crippen LogP contribution is 2.41. The molecule has 4 aromatic rings. The summed E-state index contributed by atoms with van der Waals surface area (Å²) in [7, 11) is 0. The SMILES string of the molecule is Fc1cc(-c2c(F)cc(OC(F)(F)C3CCN(C(c4ccccc4)c4ccccc4)C3)cc2F)cc(F)c1F. The van der Waals surface area contributed by atoms with Crippen molar-refractivity contribution in [2.75, 3.05) is 13.1 Å². The number of rotatable bonds is 7. The second kappa shape index (κ2) is 10.7. The van der Waals surface area contributed by atoms with E-state index in [2.05, 4.69) is 0 Å². The fourth-order valence-electron chi connectivity index (χ4n) is 5.01. The average molecular weight is 545 g/mol. The van der Waals surface area contributed by atoms with E-state index >= 15 is 8.78 Å². The highest BCUT2D eigenvalue weighted by molar-refractivity contribution is 5.66. The Morgan fingerprint density at radius 3 is 1.74 bits per heavy atom. The molecule has 4 aromatic carbocycles. The Hall–Kier alpha value is -3.85. The van der Waals surface area contributed by atoms with Crippen molar-refractivity contribution in [3.63, 3.8) is 0 Å². The second-order valence-electron chi connectivity index (χ2n) is 9.38. The molecule has 0 amide bonds. The monoisotopic (exact) mass is 545 g/mol. The van der Waals surface area contributed by atoms with Crippen LogP contribution >= 0.6 is 0 Å². The van der Waals surface area contributed by atoms with Crippen LogP contribution in [0.1, 0.15) is 23.6 Å². The van der Waals surface area contributed by atoms with Gasteiger partial charge in [-0.2, -0.15) is 8.78 Å². The van der Waals surface area contributed by atoms with Crippen LogP contribution in [0.5, 0.6) is 5.75 Å². The van der Waals surface area contributed by atoms with E-state index < -0.39 is 58.0 Å². The molecule has 1 aliphatic heterocycles. The van der Waals surface area contributed by atoms with Gasteiger partial charge in [0.05, 0.1) is 17.5 Å². The van der Waals surface area contributed by atoms with Crippen molar-refractivity contribution in [1.82, 2.24) is 4.90 Å². The fraction of sp³-hybridized carbons (Fsp3) is 0.200. The molecule has 0 bridgehead atoms. The molecule has 1 aliphatic rings. The molecule has 9 heteroatoms. The molecule has 0 aromatic heterocycles. The molecule has 0 radical (unpaired) electrons. The Kier molecular flexibility index (Phi) is 7.36. The normalized spacial score (nSPS) is 16.2. The maximum Gasteiger partial charge on any atom is 0.402 e. The predicted octanol–water partition coefficient (Wildman–Crippen LogP) is 8.13. The van der Waals surface area contributed by atoms with Gasteiger partial charge in [-0.3, -0.25) is 4.90 Å². The number of hydrogen-bond donors (Lipinski definition) is 0. The third-order valence-corrected chi connectivity index (χ3v) is 6.83. The number of nitrogens with zero attached hydrogens (tertiary/aromatic N) is 1. The van der Waals surface area contributed by atoms with E-state index in [0.29, 0.717) is 30.8 Å². The van der Waals surface area contributed by atoms with Crippen LogP contribution in [0.2, 0.25) is 0 Å². The Morgan fingerprint density at radius 2 is 1.23 bits per heavy atom. The first-order valence-electron chi connectivity index (χ1n) is 12.2. The first-order valence-corrected chi connectivity index (χ1v) is 12.2. The number of likely N-dealkylation sites (tertiary alicyclic amines) is 1. The average Bonchev–Trinajstić information content (AvgIpc) is 3.39. The zero-order chi connectivity index (χ0) is 27.7. The van der Waals surface area contributed by atoms with Crippen molar-refractivity contribution >= 4 is 0 Å². The lowest BCUT2D eigenvalue weighted by atomic mass is 9.97. The third-order valence-electron chi connectivity index (χ3n) is 6.83. The summed E-state index contributed by atoms with van der Waals surface area (Å²) < 4.78 is 105. The van der Waals surface area contributed by atoms with Crippen LogP contribution in [0, 0.1) is 35.0 Å². The minimum absolute atomic E-state index is 0.0430. The van der Waals surface area contributed by atoms with Crippen LogP contribution in [-0.4, -0.2) is 24.1 Å². The lowest BCUT2D eigenvalue weighted by molar-refractivity contribution is -0.212. The van der Waals surface area contributed by atoms with Crippen LogP contribution < -0.4 is 4.74 Å². The van der Waals surface area contributed by atoms with Crippen molar-refractivity contribution < 1.29 is 35.5 Å². The standard InChI is InChI=1S/C30H22F7NO/c31-23-15-22(16-24(32)27(23)20-13-25(33)28(35)26(34)14-20)39-30(36,37)21-11-12-38(17-21)29(18-7-3-1-4-8-18)19-9-5-2-6-10-19/h1-10,13-16,21,29H,11-12,17H2. The minimum atomic E-state index is -3.78. The van der Waals surface area contributed by atoms with Gasteiger partial charge in [0.2, 0.25) is 0 Å². The first-order chi connectivity index (χ1) is 18.6. The van der Waals surface area contributed by atoms with Gasteiger partial charge in [-0.25, -0.2) is 22.0 Å². The first kappa shape index (κ1) is 26.7. The van der Waals surface area contributed by atoms with Crippen LogP contribution in [-0.2, 0) is 0 Å². The molecule has 0 N–H and O–H groups in total. The predicted molar refractivity (Wildman–Crippen MR) is 132 cm³/mol. The Balaban J connectivity index is 1.37. The molecule has 1 fully saturated rings. The van der Waals surface area contributed by atoms with Gasteiger partial charge in [0, 0.05) is 18.7 Å². The van der Waals surface area contributed by atoms with Gasteiger partial charge in [-0.15, -0.1) is 0 Å². The molecule has 5 rings (SSSR count). The minimum Gasteiger partial charge on any atom is -0.432 e. The summed E-state index contributed by atoms with van der Waals surface area (Å²) in [5, 5.41) is 0. The number of ether oxygens (including phenoxy) is 1. The number of benzene rings is 4. The van der Waals surface area contributed by atoms with E-state index in [1.165, 1.54) is 0 Å². The highest BCUT2D eigenvalue weighted by atomic mass is 19.3. The number of alkyl halides is 2. The highest BCUT2D eigenvalue weighted by Gasteiger charge is 2.47. The molecule has 1 unspecified atom stereocenters. The van der Waals surface area contributed by atoms with Crippen molar-refractivity contribution in [1.29, 1.82) is 0 Å². The molecule has 1 atom stereocenters. The van der Waals surface area contributed by atoms with Gasteiger partial charge in [0.15, 0.2) is 17.5 Å². The lowest BCUT2D eigenvalue weighted by Crippen LogP contribution is -2.37. The van der Waals surface area contributed by atoms with Gasteiger partial charge in [0.25, 0.3) is 0 Å². The van der Waals surface area contributed by atoms with Gasteiger partial charge in [0.1, 0.15) is 17.4 Å². The van der Waals surface area contributed by atoms with E-state index in [-0.39, 0.29) is 19.0 Å². The Labute approximate surface area is 220 Å². The van der Waals surface area contributed by atoms with Crippen LogP contribution in [0.25, 0.3) is 11.1 Å². The maximum atomic E-state index is 15.3. The van der Waals surface area contributed by atoms with Gasteiger partial charge >= 0.3 is 6.11 Å². The molecule has 1 heterocycles. The smallest absolute Gasteiger partial charge is 0.402 e. The Bertz CT molecular complexity index is 1380. The zero-order valence-corrected chi connectivity index (χ0v) is 20.4.